The number of hydrogen-bond acceptors (Lipinski definition) is 6. The maximum Gasteiger partial charge on any atom is 0.311 e. The fourth-order valence-corrected chi connectivity index (χ4v) is 4.09. The fourth-order valence-electron chi connectivity index (χ4n) is 3.10. The van der Waals surface area contributed by atoms with Crippen LogP contribution >= 0.6 is 11.8 Å². The molecule has 3 rings (SSSR count). The van der Waals surface area contributed by atoms with Crippen LogP contribution in [0.2, 0.25) is 0 Å². The second-order valence-electron chi connectivity index (χ2n) is 7.06. The number of nitrogens with one attached hydrogen (secondary N) is 2. The van der Waals surface area contributed by atoms with Crippen LogP contribution in [0.1, 0.15) is 32.3 Å². The Hall–Kier alpha value is -3.06. The second kappa shape index (κ2) is 10.8. The predicted molar refractivity (Wildman–Crippen MR) is 128 cm³/mol. The van der Waals surface area contributed by atoms with E-state index in [1.54, 1.807) is 6.92 Å². The molecule has 0 unspecified atom stereocenters. The fraction of sp³-hybridized carbons (Fsp3) is 0.292. The van der Waals surface area contributed by atoms with Crippen molar-refractivity contribution in [3.8, 4) is 0 Å². The molecule has 6 nitrogen and oxygen atoms in total. The minimum absolute atomic E-state index is 0.0738. The number of amides is 1. The lowest BCUT2D eigenvalue weighted by molar-refractivity contribution is -0.142. The normalized spacial score (nSPS) is 13.6. The quantitative estimate of drug-likeness (QED) is 0.564. The first-order valence-corrected chi connectivity index (χ1v) is 11.2. The number of ether oxygens (including phenoxy) is 1. The van der Waals surface area contributed by atoms with E-state index in [4.69, 9.17) is 9.73 Å². The summed E-state index contributed by atoms with van der Waals surface area (Å²) in [5, 5.41) is 6.64. The maximum atomic E-state index is 12.9. The van der Waals surface area contributed by atoms with E-state index in [1.165, 1.54) is 11.8 Å². The van der Waals surface area contributed by atoms with Gasteiger partial charge in [-0.3, -0.25) is 9.59 Å². The van der Waals surface area contributed by atoms with Crippen LogP contribution in [0.15, 0.2) is 65.3 Å². The number of benzene rings is 2. The largest absolute Gasteiger partial charge is 0.466 e. The van der Waals surface area contributed by atoms with Gasteiger partial charge in [0.05, 0.1) is 34.7 Å². The maximum absolute atomic E-state index is 12.9. The van der Waals surface area contributed by atoms with Gasteiger partial charge in [0.2, 0.25) is 5.91 Å². The van der Waals surface area contributed by atoms with E-state index in [0.29, 0.717) is 23.8 Å². The van der Waals surface area contributed by atoms with E-state index in [9.17, 15) is 9.59 Å². The number of fused-ring (bicyclic) bond motifs is 1. The smallest absolute Gasteiger partial charge is 0.311 e. The first-order valence-electron chi connectivity index (χ1n) is 10.3. The number of aliphatic imine (C=N–C) groups is 1. The number of nitrogens with zero attached hydrogens (tertiary/aromatic N) is 1. The van der Waals surface area contributed by atoms with Gasteiger partial charge in [0, 0.05) is 11.4 Å². The number of para-hydroxylation sites is 3. The van der Waals surface area contributed by atoms with Gasteiger partial charge in [-0.05, 0) is 50.1 Å². The van der Waals surface area contributed by atoms with Crippen molar-refractivity contribution in [3.63, 3.8) is 0 Å². The van der Waals surface area contributed by atoms with E-state index in [0.717, 1.165) is 22.6 Å². The highest BCUT2D eigenvalue weighted by molar-refractivity contribution is 8.15. The van der Waals surface area contributed by atoms with Crippen LogP contribution in [0.4, 0.5) is 17.1 Å². The second-order valence-corrected chi connectivity index (χ2v) is 8.29. The molecule has 0 fully saturated rings. The molecule has 2 aromatic carbocycles. The van der Waals surface area contributed by atoms with Crippen molar-refractivity contribution >= 4 is 45.7 Å². The molecule has 0 saturated carbocycles. The average Bonchev–Trinajstić information content (AvgIpc) is 2.92. The highest BCUT2D eigenvalue weighted by Crippen LogP contribution is 2.32. The zero-order valence-corrected chi connectivity index (χ0v) is 18.8. The zero-order valence-electron chi connectivity index (χ0n) is 18.0. The highest BCUT2D eigenvalue weighted by atomic mass is 32.2. The van der Waals surface area contributed by atoms with Gasteiger partial charge in [-0.1, -0.05) is 49.0 Å². The summed E-state index contributed by atoms with van der Waals surface area (Å²) in [5.74, 6) is -0.385. The van der Waals surface area contributed by atoms with E-state index in [2.05, 4.69) is 10.6 Å². The van der Waals surface area contributed by atoms with E-state index in [1.807, 2.05) is 68.5 Å². The standard InChI is InChI=1S/C24H27N3O3S/c1-4-21(24(29)27-18-11-7-6-10-16(18)3)31-22-14-17(15-23(28)30-5-2)25-19-12-8-9-13-20(19)26-22/h6-14,21,25H,4-5,15H2,1-3H3,(H,27,29)/t21-/m0/s1. The number of carbonyl (C=O) groups is 2. The Kier molecular flexibility index (Phi) is 7.89. The van der Waals surface area contributed by atoms with Gasteiger partial charge in [-0.25, -0.2) is 4.99 Å². The number of carbonyl (C=O) groups excluding carboxylic acids is 2. The van der Waals surface area contributed by atoms with Crippen LogP contribution in [0, 0.1) is 6.92 Å². The number of anilines is 2. The number of esters is 1. The molecule has 0 aliphatic carbocycles. The average molecular weight is 438 g/mol. The van der Waals surface area contributed by atoms with E-state index < -0.39 is 0 Å². The van der Waals surface area contributed by atoms with Crippen molar-refractivity contribution in [2.45, 2.75) is 38.9 Å². The SMILES string of the molecule is CCOC(=O)CC1=CC(S[C@@H](CC)C(=O)Nc2ccccc2C)=Nc2ccccc2N1. The van der Waals surface area contributed by atoms with Gasteiger partial charge in [0.1, 0.15) is 0 Å². The van der Waals surface area contributed by atoms with Gasteiger partial charge in [-0.15, -0.1) is 0 Å². The summed E-state index contributed by atoms with van der Waals surface area (Å²) in [6.07, 6.45) is 2.57. The highest BCUT2D eigenvalue weighted by Gasteiger charge is 2.22. The Bertz CT molecular complexity index is 1020. The van der Waals surface area contributed by atoms with Crippen LogP contribution in [-0.2, 0) is 14.3 Å². The molecule has 1 aliphatic heterocycles. The molecular weight excluding hydrogens is 410 g/mol. The number of aryl methyl sites for hydroxylation is 1. The Morgan fingerprint density at radius 3 is 2.61 bits per heavy atom. The molecule has 2 aromatic rings. The summed E-state index contributed by atoms with van der Waals surface area (Å²) >= 11 is 1.39. The molecule has 0 radical (unpaired) electrons. The monoisotopic (exact) mass is 437 g/mol. The summed E-state index contributed by atoms with van der Waals surface area (Å²) in [6, 6.07) is 15.3. The summed E-state index contributed by atoms with van der Waals surface area (Å²) in [5.41, 5.74) is 4.07. The molecule has 1 amide bonds. The molecule has 1 atom stereocenters. The van der Waals surface area contributed by atoms with Crippen molar-refractivity contribution in [2.75, 3.05) is 17.2 Å². The third-order valence-electron chi connectivity index (χ3n) is 4.70. The van der Waals surface area contributed by atoms with Crippen molar-refractivity contribution in [3.05, 3.63) is 65.9 Å². The lowest BCUT2D eigenvalue weighted by Crippen LogP contribution is -2.26. The molecule has 0 bridgehead atoms. The lowest BCUT2D eigenvalue weighted by Gasteiger charge is -2.16. The van der Waals surface area contributed by atoms with Crippen LogP contribution < -0.4 is 10.6 Å². The number of thioether (sulfide) groups is 1. The Labute approximate surface area is 187 Å². The van der Waals surface area contributed by atoms with Gasteiger partial charge in [0.25, 0.3) is 0 Å². The Balaban J connectivity index is 1.83. The van der Waals surface area contributed by atoms with Crippen molar-refractivity contribution < 1.29 is 14.3 Å². The minimum Gasteiger partial charge on any atom is -0.466 e. The molecule has 2 N–H and O–H groups in total. The Morgan fingerprint density at radius 1 is 1.13 bits per heavy atom. The van der Waals surface area contributed by atoms with Gasteiger partial charge < -0.3 is 15.4 Å². The van der Waals surface area contributed by atoms with Gasteiger partial charge in [-0.2, -0.15) is 0 Å². The summed E-state index contributed by atoms with van der Waals surface area (Å²) in [4.78, 5) is 29.7. The summed E-state index contributed by atoms with van der Waals surface area (Å²) in [6.45, 7) is 6.05. The number of rotatable bonds is 7. The third-order valence-corrected chi connectivity index (χ3v) is 5.98. The molecule has 7 heteroatoms. The lowest BCUT2D eigenvalue weighted by atomic mass is 10.2. The summed E-state index contributed by atoms with van der Waals surface area (Å²) < 4.78 is 5.10. The topological polar surface area (TPSA) is 79.8 Å². The van der Waals surface area contributed by atoms with Crippen molar-refractivity contribution in [1.82, 2.24) is 0 Å². The molecule has 31 heavy (non-hydrogen) atoms. The van der Waals surface area contributed by atoms with Gasteiger partial charge >= 0.3 is 5.97 Å². The molecule has 1 aliphatic rings. The summed E-state index contributed by atoms with van der Waals surface area (Å²) in [7, 11) is 0. The van der Waals surface area contributed by atoms with Crippen LogP contribution in [0.25, 0.3) is 0 Å². The van der Waals surface area contributed by atoms with Gasteiger partial charge in [0.15, 0.2) is 0 Å². The first kappa shape index (κ1) is 22.6. The third kappa shape index (κ3) is 6.21. The number of hydrogen-bond donors (Lipinski definition) is 2. The van der Waals surface area contributed by atoms with Crippen LogP contribution in [0.3, 0.4) is 0 Å². The predicted octanol–water partition coefficient (Wildman–Crippen LogP) is 5.44. The first-order chi connectivity index (χ1) is 15.0. The molecule has 162 valence electrons. The van der Waals surface area contributed by atoms with Crippen LogP contribution in [-0.4, -0.2) is 28.8 Å². The minimum atomic E-state index is -0.330. The molecule has 0 aromatic heterocycles. The zero-order chi connectivity index (χ0) is 22.2. The van der Waals surface area contributed by atoms with Crippen molar-refractivity contribution in [1.29, 1.82) is 0 Å². The van der Waals surface area contributed by atoms with E-state index in [-0.39, 0.29) is 23.5 Å². The molecule has 1 heterocycles. The van der Waals surface area contributed by atoms with E-state index >= 15 is 0 Å². The molecular formula is C24H27N3O3S. The van der Waals surface area contributed by atoms with Crippen molar-refractivity contribution in [2.24, 2.45) is 4.99 Å². The molecule has 0 saturated heterocycles. The van der Waals surface area contributed by atoms with Crippen LogP contribution in [0.5, 0.6) is 0 Å². The molecule has 0 spiro atoms. The Morgan fingerprint density at radius 2 is 1.87 bits per heavy atom.